The average molecular weight is 183 g/mol. The summed E-state index contributed by atoms with van der Waals surface area (Å²) in [5, 5.41) is 14.6. The van der Waals surface area contributed by atoms with Crippen molar-refractivity contribution >= 4 is 0 Å². The Morgan fingerprint density at radius 3 is 2.54 bits per heavy atom. The molecule has 0 aromatic carbocycles. The molecule has 0 amide bonds. The molecule has 0 bridgehead atoms. The van der Waals surface area contributed by atoms with Crippen LogP contribution in [0, 0.1) is 5.92 Å². The zero-order valence-corrected chi connectivity index (χ0v) is 8.65. The van der Waals surface area contributed by atoms with Gasteiger partial charge in [0.25, 0.3) is 0 Å². The summed E-state index contributed by atoms with van der Waals surface area (Å²) in [6.45, 7) is 4.37. The molecule has 0 saturated heterocycles. The third-order valence-electron chi connectivity index (χ3n) is 2.29. The van der Waals surface area contributed by atoms with Gasteiger partial charge in [0.05, 0.1) is 0 Å². The van der Waals surface area contributed by atoms with E-state index in [0.29, 0.717) is 12.0 Å². The van der Waals surface area contributed by atoms with Gasteiger partial charge in [0.2, 0.25) is 0 Å². The van der Waals surface area contributed by atoms with Gasteiger partial charge in [-0.15, -0.1) is 5.10 Å². The second-order valence-corrected chi connectivity index (χ2v) is 3.56. The highest BCUT2D eigenvalue weighted by Crippen LogP contribution is 2.06. The minimum Gasteiger partial charge on any atom is -0.316 e. The first-order chi connectivity index (χ1) is 6.15. The van der Waals surface area contributed by atoms with Gasteiger partial charge in [-0.2, -0.15) is 0 Å². The van der Waals surface area contributed by atoms with Crippen molar-refractivity contribution in [2.75, 3.05) is 7.05 Å². The Kier molecular flexibility index (Phi) is 3.36. The van der Waals surface area contributed by atoms with Gasteiger partial charge >= 0.3 is 0 Å². The van der Waals surface area contributed by atoms with E-state index >= 15 is 0 Å². The second-order valence-electron chi connectivity index (χ2n) is 3.56. The smallest absolute Gasteiger partial charge is 0.152 e. The van der Waals surface area contributed by atoms with Crippen LogP contribution in [-0.2, 0) is 13.5 Å². The minimum atomic E-state index is 0.435. The maximum absolute atomic E-state index is 3.95. The van der Waals surface area contributed by atoms with Crippen LogP contribution in [0.3, 0.4) is 0 Å². The zero-order valence-electron chi connectivity index (χ0n) is 8.65. The van der Waals surface area contributed by atoms with Crippen molar-refractivity contribution in [1.29, 1.82) is 0 Å². The SMILES string of the molecule is CNC(Cc1nnnn1C)C(C)C. The van der Waals surface area contributed by atoms with Crippen LogP contribution in [0.4, 0.5) is 0 Å². The van der Waals surface area contributed by atoms with Crippen LogP contribution >= 0.6 is 0 Å². The molecule has 1 unspecified atom stereocenters. The molecule has 1 atom stereocenters. The number of nitrogens with one attached hydrogen (secondary N) is 1. The fourth-order valence-corrected chi connectivity index (χ4v) is 1.29. The van der Waals surface area contributed by atoms with Crippen molar-refractivity contribution in [2.45, 2.75) is 26.3 Å². The molecule has 5 heteroatoms. The monoisotopic (exact) mass is 183 g/mol. The van der Waals surface area contributed by atoms with E-state index in [4.69, 9.17) is 0 Å². The molecule has 0 aliphatic carbocycles. The highest BCUT2D eigenvalue weighted by Gasteiger charge is 2.14. The lowest BCUT2D eigenvalue weighted by Crippen LogP contribution is -2.33. The molecule has 13 heavy (non-hydrogen) atoms. The molecule has 0 saturated carbocycles. The first kappa shape index (κ1) is 10.1. The summed E-state index contributed by atoms with van der Waals surface area (Å²) in [4.78, 5) is 0. The van der Waals surface area contributed by atoms with Gasteiger partial charge in [-0.25, -0.2) is 4.68 Å². The summed E-state index contributed by atoms with van der Waals surface area (Å²) < 4.78 is 1.72. The van der Waals surface area contributed by atoms with E-state index in [9.17, 15) is 0 Å². The topological polar surface area (TPSA) is 55.6 Å². The predicted octanol–water partition coefficient (Wildman–Crippen LogP) is -0.00340. The Morgan fingerprint density at radius 1 is 1.46 bits per heavy atom. The van der Waals surface area contributed by atoms with Gasteiger partial charge in [0, 0.05) is 19.5 Å². The second kappa shape index (κ2) is 4.32. The first-order valence-electron chi connectivity index (χ1n) is 4.53. The van der Waals surface area contributed by atoms with Gasteiger partial charge in [-0.3, -0.25) is 0 Å². The van der Waals surface area contributed by atoms with E-state index in [1.54, 1.807) is 4.68 Å². The van der Waals surface area contributed by atoms with Gasteiger partial charge in [0.1, 0.15) is 0 Å². The highest BCUT2D eigenvalue weighted by atomic mass is 15.5. The lowest BCUT2D eigenvalue weighted by molar-refractivity contribution is 0.412. The molecule has 0 spiro atoms. The number of tetrazole rings is 1. The number of aromatic nitrogens is 4. The first-order valence-corrected chi connectivity index (χ1v) is 4.53. The maximum atomic E-state index is 3.95. The van der Waals surface area contributed by atoms with E-state index in [-0.39, 0.29) is 0 Å². The van der Waals surface area contributed by atoms with Crippen LogP contribution in [-0.4, -0.2) is 33.3 Å². The molecule has 1 heterocycles. The lowest BCUT2D eigenvalue weighted by Gasteiger charge is -2.18. The van der Waals surface area contributed by atoms with Gasteiger partial charge in [0.15, 0.2) is 5.82 Å². The normalized spacial score (nSPS) is 13.6. The Labute approximate surface area is 78.5 Å². The Bertz CT molecular complexity index is 255. The van der Waals surface area contributed by atoms with E-state index < -0.39 is 0 Å². The molecule has 0 aliphatic rings. The van der Waals surface area contributed by atoms with Crippen LogP contribution in [0.1, 0.15) is 19.7 Å². The molecule has 5 nitrogen and oxygen atoms in total. The van der Waals surface area contributed by atoms with Crippen molar-refractivity contribution in [3.8, 4) is 0 Å². The number of hydrogen-bond acceptors (Lipinski definition) is 4. The highest BCUT2D eigenvalue weighted by molar-refractivity contribution is 4.87. The number of nitrogens with zero attached hydrogens (tertiary/aromatic N) is 4. The summed E-state index contributed by atoms with van der Waals surface area (Å²) in [6.07, 6.45) is 0.873. The van der Waals surface area contributed by atoms with Crippen molar-refractivity contribution in [3.63, 3.8) is 0 Å². The van der Waals surface area contributed by atoms with E-state index in [0.717, 1.165) is 12.2 Å². The molecule has 1 aromatic rings. The molecule has 1 rings (SSSR count). The maximum Gasteiger partial charge on any atom is 0.152 e. The Morgan fingerprint density at radius 2 is 2.15 bits per heavy atom. The molecule has 0 fully saturated rings. The number of rotatable bonds is 4. The fraction of sp³-hybridized carbons (Fsp3) is 0.875. The Balaban J connectivity index is 2.62. The van der Waals surface area contributed by atoms with Gasteiger partial charge in [-0.05, 0) is 23.4 Å². The summed E-state index contributed by atoms with van der Waals surface area (Å²) in [5.41, 5.74) is 0. The van der Waals surface area contributed by atoms with Gasteiger partial charge in [-0.1, -0.05) is 13.8 Å². The number of hydrogen-bond donors (Lipinski definition) is 1. The molecular formula is C8H17N5. The van der Waals surface area contributed by atoms with Crippen molar-refractivity contribution in [1.82, 2.24) is 25.5 Å². The molecule has 0 aliphatic heterocycles. The van der Waals surface area contributed by atoms with E-state index in [1.807, 2.05) is 14.1 Å². The third-order valence-corrected chi connectivity index (χ3v) is 2.29. The zero-order chi connectivity index (χ0) is 9.84. The van der Waals surface area contributed by atoms with Gasteiger partial charge < -0.3 is 5.32 Å². The van der Waals surface area contributed by atoms with Crippen LogP contribution < -0.4 is 5.32 Å². The van der Waals surface area contributed by atoms with Crippen molar-refractivity contribution in [2.24, 2.45) is 13.0 Å². The lowest BCUT2D eigenvalue weighted by atomic mass is 10.0. The standard InChI is InChI=1S/C8H17N5/c1-6(2)7(9-3)5-8-10-11-12-13(8)4/h6-7,9H,5H2,1-4H3. The average Bonchev–Trinajstić information content (AvgIpc) is 2.46. The summed E-state index contributed by atoms with van der Waals surface area (Å²) >= 11 is 0. The summed E-state index contributed by atoms with van der Waals surface area (Å²) in [7, 11) is 3.83. The van der Waals surface area contributed by atoms with Crippen LogP contribution in [0.2, 0.25) is 0 Å². The van der Waals surface area contributed by atoms with Crippen LogP contribution in [0.5, 0.6) is 0 Å². The van der Waals surface area contributed by atoms with Crippen molar-refractivity contribution < 1.29 is 0 Å². The minimum absolute atomic E-state index is 0.435. The Hall–Kier alpha value is -0.970. The van der Waals surface area contributed by atoms with Crippen LogP contribution in [0.15, 0.2) is 0 Å². The molecule has 0 radical (unpaired) electrons. The molecule has 1 aromatic heterocycles. The third kappa shape index (κ3) is 2.48. The molecular weight excluding hydrogens is 166 g/mol. The fourth-order valence-electron chi connectivity index (χ4n) is 1.29. The quantitative estimate of drug-likeness (QED) is 0.713. The molecule has 1 N–H and O–H groups in total. The number of aryl methyl sites for hydroxylation is 1. The summed E-state index contributed by atoms with van der Waals surface area (Å²) in [5.74, 6) is 1.51. The molecule has 74 valence electrons. The predicted molar refractivity (Wildman–Crippen MR) is 50.2 cm³/mol. The van der Waals surface area contributed by atoms with Crippen LogP contribution in [0.25, 0.3) is 0 Å². The van der Waals surface area contributed by atoms with E-state index in [1.165, 1.54) is 0 Å². The van der Waals surface area contributed by atoms with Crippen molar-refractivity contribution in [3.05, 3.63) is 5.82 Å². The largest absolute Gasteiger partial charge is 0.316 e. The van der Waals surface area contributed by atoms with E-state index in [2.05, 4.69) is 34.7 Å². The summed E-state index contributed by atoms with van der Waals surface area (Å²) in [6, 6.07) is 0.435. The number of likely N-dealkylation sites (N-methyl/N-ethyl adjacent to an activating group) is 1.